The van der Waals surface area contributed by atoms with E-state index in [0.29, 0.717) is 17.7 Å². The third kappa shape index (κ3) is 3.61. The molecule has 0 saturated carbocycles. The normalized spacial score (nSPS) is 11.4. The summed E-state index contributed by atoms with van der Waals surface area (Å²) in [6, 6.07) is 18.1. The van der Waals surface area contributed by atoms with Crippen molar-refractivity contribution >= 4 is 38.5 Å². The lowest BCUT2D eigenvalue weighted by Crippen LogP contribution is -2.13. The number of halogens is 1. The zero-order chi connectivity index (χ0) is 21.3. The van der Waals surface area contributed by atoms with Gasteiger partial charge in [-0.25, -0.2) is 12.4 Å². The summed E-state index contributed by atoms with van der Waals surface area (Å²) in [6.07, 6.45) is 1.25. The minimum absolute atomic E-state index is 0.0442. The van der Waals surface area contributed by atoms with E-state index in [2.05, 4.69) is 15.3 Å². The van der Waals surface area contributed by atoms with E-state index < -0.39 is 10.0 Å². The van der Waals surface area contributed by atoms with Crippen LogP contribution >= 0.6 is 11.6 Å². The van der Waals surface area contributed by atoms with E-state index in [-0.39, 0.29) is 21.4 Å². The summed E-state index contributed by atoms with van der Waals surface area (Å²) < 4.78 is 27.4. The molecule has 0 aliphatic rings. The third-order valence-electron chi connectivity index (χ3n) is 4.59. The first-order valence-corrected chi connectivity index (χ1v) is 10.8. The quantitative estimate of drug-likeness (QED) is 0.471. The first-order valence-electron chi connectivity index (χ1n) is 8.99. The molecule has 2 aromatic heterocycles. The maximum atomic E-state index is 13.2. The smallest absolute Gasteiger partial charge is 0.269 e. The molecule has 1 N–H and O–H groups in total. The van der Waals surface area contributed by atoms with Gasteiger partial charge in [0.2, 0.25) is 5.28 Å². The fourth-order valence-electron chi connectivity index (χ4n) is 3.07. The lowest BCUT2D eigenvalue weighted by molar-refractivity contribution is 0.588. The summed E-state index contributed by atoms with van der Waals surface area (Å²) in [7, 11) is -3.98. The van der Waals surface area contributed by atoms with Crippen molar-refractivity contribution < 1.29 is 8.42 Å². The number of anilines is 1. The first-order chi connectivity index (χ1) is 14.4. The summed E-state index contributed by atoms with van der Waals surface area (Å²) in [6.45, 7) is 2.29. The molecule has 0 radical (unpaired) electrons. The predicted molar refractivity (Wildman–Crippen MR) is 115 cm³/mol. The average molecular weight is 438 g/mol. The zero-order valence-corrected chi connectivity index (χ0v) is 17.4. The second-order valence-electron chi connectivity index (χ2n) is 6.65. The van der Waals surface area contributed by atoms with E-state index in [1.807, 2.05) is 43.3 Å². The van der Waals surface area contributed by atoms with Gasteiger partial charge in [0, 0.05) is 12.7 Å². The number of aryl methyl sites for hydroxylation is 1. The van der Waals surface area contributed by atoms with Crippen LogP contribution in [0.4, 0.5) is 5.82 Å². The Bertz CT molecular complexity index is 1380. The maximum Gasteiger partial charge on any atom is 0.269 e. The molecule has 0 spiro atoms. The monoisotopic (exact) mass is 437 g/mol. The number of hydrogen-bond donors (Lipinski definition) is 1. The number of nitriles is 1. The van der Waals surface area contributed by atoms with Gasteiger partial charge in [0.25, 0.3) is 10.0 Å². The average Bonchev–Trinajstić information content (AvgIpc) is 3.12. The van der Waals surface area contributed by atoms with Crippen molar-refractivity contribution in [2.24, 2.45) is 0 Å². The molecule has 0 aliphatic carbocycles. The van der Waals surface area contributed by atoms with Gasteiger partial charge >= 0.3 is 0 Å². The highest BCUT2D eigenvalue weighted by atomic mass is 35.5. The molecule has 0 amide bonds. The predicted octanol–water partition coefficient (Wildman–Crippen LogP) is 4.11. The second-order valence-corrected chi connectivity index (χ2v) is 8.80. The molecule has 0 fully saturated rings. The first kappa shape index (κ1) is 19.9. The van der Waals surface area contributed by atoms with E-state index in [4.69, 9.17) is 11.6 Å². The van der Waals surface area contributed by atoms with E-state index >= 15 is 0 Å². The van der Waals surface area contributed by atoms with Crippen molar-refractivity contribution in [3.8, 4) is 6.07 Å². The molecule has 0 saturated heterocycles. The SMILES string of the molecule is Cc1ccc(S(=O)(=O)n2cc(C#N)c3c(NCc4ccccc4)nc(Cl)nc32)cc1. The van der Waals surface area contributed by atoms with Crippen LogP contribution in [0.1, 0.15) is 16.7 Å². The number of nitrogens with zero attached hydrogens (tertiary/aromatic N) is 4. The molecule has 7 nitrogen and oxygen atoms in total. The number of benzene rings is 2. The molecule has 4 rings (SSSR count). The van der Waals surface area contributed by atoms with Crippen LogP contribution in [-0.2, 0) is 16.6 Å². The Morgan fingerprint density at radius 3 is 2.47 bits per heavy atom. The van der Waals surface area contributed by atoms with Crippen LogP contribution in [0.25, 0.3) is 11.0 Å². The molecular weight excluding hydrogens is 422 g/mol. The van der Waals surface area contributed by atoms with E-state index in [9.17, 15) is 13.7 Å². The van der Waals surface area contributed by atoms with Crippen molar-refractivity contribution in [1.82, 2.24) is 13.9 Å². The fourth-order valence-corrected chi connectivity index (χ4v) is 4.55. The van der Waals surface area contributed by atoms with E-state index in [1.54, 1.807) is 12.1 Å². The van der Waals surface area contributed by atoms with Gasteiger partial charge in [0.05, 0.1) is 15.8 Å². The number of hydrogen-bond acceptors (Lipinski definition) is 6. The van der Waals surface area contributed by atoms with Crippen LogP contribution < -0.4 is 5.32 Å². The largest absolute Gasteiger partial charge is 0.365 e. The Balaban J connectivity index is 1.86. The zero-order valence-electron chi connectivity index (χ0n) is 15.9. The second kappa shape index (κ2) is 7.78. The van der Waals surface area contributed by atoms with Gasteiger partial charge in [0.15, 0.2) is 5.65 Å². The highest BCUT2D eigenvalue weighted by Gasteiger charge is 2.25. The molecule has 0 aliphatic heterocycles. The number of fused-ring (bicyclic) bond motifs is 1. The fraction of sp³-hybridized carbons (Fsp3) is 0.0952. The van der Waals surface area contributed by atoms with Gasteiger partial charge in [-0.1, -0.05) is 48.0 Å². The molecular formula is C21H16ClN5O2S. The Hall–Kier alpha value is -3.41. The lowest BCUT2D eigenvalue weighted by Gasteiger charge is -2.10. The van der Waals surface area contributed by atoms with Crippen LogP contribution in [0.5, 0.6) is 0 Å². The molecule has 9 heteroatoms. The molecule has 2 aromatic carbocycles. The number of rotatable bonds is 5. The summed E-state index contributed by atoms with van der Waals surface area (Å²) in [5, 5.41) is 12.9. The van der Waals surface area contributed by atoms with Crippen molar-refractivity contribution in [2.45, 2.75) is 18.4 Å². The van der Waals surface area contributed by atoms with Gasteiger partial charge in [0.1, 0.15) is 11.9 Å². The highest BCUT2D eigenvalue weighted by Crippen LogP contribution is 2.30. The van der Waals surface area contributed by atoms with E-state index in [1.165, 1.54) is 18.3 Å². The van der Waals surface area contributed by atoms with Gasteiger partial charge < -0.3 is 5.32 Å². The van der Waals surface area contributed by atoms with Crippen LogP contribution in [0, 0.1) is 18.3 Å². The Morgan fingerprint density at radius 2 is 1.80 bits per heavy atom. The van der Waals surface area contributed by atoms with Crippen molar-refractivity contribution in [1.29, 1.82) is 5.26 Å². The van der Waals surface area contributed by atoms with Gasteiger partial charge in [-0.05, 0) is 36.2 Å². The maximum absolute atomic E-state index is 13.2. The number of aromatic nitrogens is 3. The standard InChI is InChI=1S/C21H16ClN5O2S/c1-14-7-9-17(10-8-14)30(28,29)27-13-16(11-23)18-19(25-21(22)26-20(18)27)24-12-15-5-3-2-4-6-15/h2-10,13H,12H2,1H3,(H,24,25,26). The van der Waals surface area contributed by atoms with E-state index in [0.717, 1.165) is 15.1 Å². The minimum atomic E-state index is -3.98. The van der Waals surface area contributed by atoms with Gasteiger partial charge in [-0.3, -0.25) is 0 Å². The van der Waals surface area contributed by atoms with Crippen molar-refractivity contribution in [3.63, 3.8) is 0 Å². The van der Waals surface area contributed by atoms with Gasteiger partial charge in [-0.2, -0.15) is 15.2 Å². The molecule has 0 atom stereocenters. The van der Waals surface area contributed by atoms with Crippen LogP contribution in [0.2, 0.25) is 5.28 Å². The minimum Gasteiger partial charge on any atom is -0.365 e. The van der Waals surface area contributed by atoms with Crippen LogP contribution in [0.3, 0.4) is 0 Å². The van der Waals surface area contributed by atoms with Crippen molar-refractivity contribution in [2.75, 3.05) is 5.32 Å². The number of nitrogens with one attached hydrogen (secondary N) is 1. The summed E-state index contributed by atoms with van der Waals surface area (Å²) in [5.41, 5.74) is 2.10. The molecule has 150 valence electrons. The van der Waals surface area contributed by atoms with Crippen LogP contribution in [0.15, 0.2) is 65.7 Å². The Morgan fingerprint density at radius 1 is 1.10 bits per heavy atom. The molecule has 4 aromatic rings. The topological polar surface area (TPSA) is 101 Å². The lowest BCUT2D eigenvalue weighted by atomic mass is 10.2. The molecule has 2 heterocycles. The third-order valence-corrected chi connectivity index (χ3v) is 6.42. The highest BCUT2D eigenvalue weighted by molar-refractivity contribution is 7.90. The molecule has 0 unspecified atom stereocenters. The molecule has 30 heavy (non-hydrogen) atoms. The summed E-state index contributed by atoms with van der Waals surface area (Å²) in [4.78, 5) is 8.39. The Kier molecular flexibility index (Phi) is 5.16. The molecule has 0 bridgehead atoms. The van der Waals surface area contributed by atoms with Crippen LogP contribution in [-0.4, -0.2) is 22.4 Å². The van der Waals surface area contributed by atoms with Crippen molar-refractivity contribution in [3.05, 3.63) is 82.8 Å². The summed E-state index contributed by atoms with van der Waals surface area (Å²) >= 11 is 6.09. The summed E-state index contributed by atoms with van der Waals surface area (Å²) in [5.74, 6) is 0.295. The Labute approximate surface area is 178 Å². The van der Waals surface area contributed by atoms with Gasteiger partial charge in [-0.15, -0.1) is 0 Å².